The van der Waals surface area contributed by atoms with Crippen LogP contribution in [0, 0.1) is 24.2 Å². The molecule has 0 bridgehead atoms. The predicted molar refractivity (Wildman–Crippen MR) is 108 cm³/mol. The summed E-state index contributed by atoms with van der Waals surface area (Å²) in [5.41, 5.74) is 7.61. The molecule has 4 rings (SSSR count). The molecule has 3 unspecified atom stereocenters. The summed E-state index contributed by atoms with van der Waals surface area (Å²) in [6, 6.07) is 6.90. The number of allylic oxidation sites excluding steroid dienone is 4. The maximum atomic E-state index is 10.2. The van der Waals surface area contributed by atoms with E-state index < -0.39 is 0 Å². The van der Waals surface area contributed by atoms with Gasteiger partial charge in [-0.05, 0) is 62.6 Å². The van der Waals surface area contributed by atoms with Crippen LogP contribution in [0.3, 0.4) is 0 Å². The molecular weight excluding hydrogens is 350 g/mol. The van der Waals surface area contributed by atoms with Gasteiger partial charge in [0.2, 0.25) is 0 Å². The van der Waals surface area contributed by atoms with Crippen molar-refractivity contribution >= 4 is 5.57 Å². The van der Waals surface area contributed by atoms with Crippen molar-refractivity contribution in [3.63, 3.8) is 0 Å². The maximum Gasteiger partial charge on any atom is 0.133 e. The Hall–Kier alpha value is -2.84. The molecule has 1 aliphatic carbocycles. The minimum Gasteiger partial charge on any atom is -0.498 e. The number of nitriles is 1. The molecule has 0 radical (unpaired) electrons. The number of aromatic nitrogens is 1. The zero-order chi connectivity index (χ0) is 20.0. The van der Waals surface area contributed by atoms with Crippen molar-refractivity contribution in [2.75, 3.05) is 14.2 Å². The molecule has 0 saturated heterocycles. The van der Waals surface area contributed by atoms with E-state index in [-0.39, 0.29) is 18.1 Å². The van der Waals surface area contributed by atoms with Gasteiger partial charge in [-0.15, -0.1) is 0 Å². The van der Waals surface area contributed by atoms with Gasteiger partial charge in [-0.2, -0.15) is 5.26 Å². The van der Waals surface area contributed by atoms with Gasteiger partial charge in [0.25, 0.3) is 0 Å². The van der Waals surface area contributed by atoms with Gasteiger partial charge < -0.3 is 14.4 Å². The molecule has 0 fully saturated rings. The van der Waals surface area contributed by atoms with Crippen molar-refractivity contribution in [2.24, 2.45) is 5.92 Å². The van der Waals surface area contributed by atoms with Crippen molar-refractivity contribution in [2.45, 2.75) is 39.3 Å². The molecule has 2 aliphatic heterocycles. The van der Waals surface area contributed by atoms with Gasteiger partial charge in [-0.25, -0.2) is 0 Å². The van der Waals surface area contributed by atoms with Crippen LogP contribution in [-0.4, -0.2) is 36.2 Å². The van der Waals surface area contributed by atoms with Crippen LogP contribution in [-0.2, 0) is 9.47 Å². The Morgan fingerprint density at radius 2 is 2.07 bits per heavy atom. The molecule has 5 nitrogen and oxygen atoms in total. The van der Waals surface area contributed by atoms with E-state index in [9.17, 15) is 5.26 Å². The van der Waals surface area contributed by atoms with Crippen LogP contribution >= 0.6 is 0 Å². The summed E-state index contributed by atoms with van der Waals surface area (Å²) >= 11 is 0. The van der Waals surface area contributed by atoms with Gasteiger partial charge in [0, 0.05) is 47.6 Å². The van der Waals surface area contributed by atoms with Crippen molar-refractivity contribution in [3.8, 4) is 6.07 Å². The molecule has 28 heavy (non-hydrogen) atoms. The highest BCUT2D eigenvalue weighted by Gasteiger charge is 2.43. The molecule has 3 atom stereocenters. The Morgan fingerprint density at radius 3 is 2.71 bits per heavy atom. The van der Waals surface area contributed by atoms with E-state index >= 15 is 0 Å². The number of ether oxygens (including phenoxy) is 2. The van der Waals surface area contributed by atoms with E-state index in [0.29, 0.717) is 0 Å². The molecule has 144 valence electrons. The van der Waals surface area contributed by atoms with Crippen LogP contribution in [0.1, 0.15) is 31.5 Å². The molecule has 1 aromatic heterocycles. The van der Waals surface area contributed by atoms with Crippen molar-refractivity contribution in [1.29, 1.82) is 5.26 Å². The number of hydrogen-bond donors (Lipinski definition) is 0. The van der Waals surface area contributed by atoms with Crippen molar-refractivity contribution < 1.29 is 9.47 Å². The first-order valence-corrected chi connectivity index (χ1v) is 9.56. The zero-order valence-electron chi connectivity index (χ0n) is 17.0. The lowest BCUT2D eigenvalue weighted by Crippen LogP contribution is -2.36. The van der Waals surface area contributed by atoms with Gasteiger partial charge in [-0.1, -0.05) is 0 Å². The SMILES string of the molecule is COC1=CC2=C3C(C#N)C(c4ccnc(C)c4)=C(C)N3C(C)CC2=CC1OC. The lowest BCUT2D eigenvalue weighted by Gasteiger charge is -2.39. The third-order valence-electron chi connectivity index (χ3n) is 5.90. The fourth-order valence-electron chi connectivity index (χ4n) is 4.72. The molecule has 3 aliphatic rings. The monoisotopic (exact) mass is 375 g/mol. The van der Waals surface area contributed by atoms with Gasteiger partial charge in [0.05, 0.1) is 13.2 Å². The fourth-order valence-corrected chi connectivity index (χ4v) is 4.72. The normalized spacial score (nSPS) is 26.4. The summed E-state index contributed by atoms with van der Waals surface area (Å²) in [4.78, 5) is 6.65. The highest BCUT2D eigenvalue weighted by Crippen LogP contribution is 2.50. The summed E-state index contributed by atoms with van der Waals surface area (Å²) in [6.07, 6.45) is 6.73. The number of fused-ring (bicyclic) bond motifs is 2. The van der Waals surface area contributed by atoms with Crippen molar-refractivity contribution in [1.82, 2.24) is 9.88 Å². The second-order valence-electron chi connectivity index (χ2n) is 7.57. The molecule has 0 aromatic carbocycles. The van der Waals surface area contributed by atoms with E-state index in [2.05, 4.69) is 48.0 Å². The second kappa shape index (κ2) is 6.96. The van der Waals surface area contributed by atoms with E-state index in [1.807, 2.05) is 19.2 Å². The summed E-state index contributed by atoms with van der Waals surface area (Å²) in [7, 11) is 3.35. The topological polar surface area (TPSA) is 58.4 Å². The average Bonchev–Trinajstić information content (AvgIpc) is 3.00. The van der Waals surface area contributed by atoms with Crippen molar-refractivity contribution in [3.05, 3.63) is 70.0 Å². The number of rotatable bonds is 3. The average molecular weight is 375 g/mol. The zero-order valence-corrected chi connectivity index (χ0v) is 17.0. The number of aryl methyl sites for hydroxylation is 1. The molecule has 3 heterocycles. The summed E-state index contributed by atoms with van der Waals surface area (Å²) < 4.78 is 11.2. The second-order valence-corrected chi connectivity index (χ2v) is 7.57. The van der Waals surface area contributed by atoms with Gasteiger partial charge in [0.1, 0.15) is 17.8 Å². The molecule has 0 amide bonds. The first-order valence-electron chi connectivity index (χ1n) is 9.56. The minimum absolute atomic E-state index is 0.179. The van der Waals surface area contributed by atoms with Crippen LogP contribution in [0.4, 0.5) is 0 Å². The molecule has 0 saturated carbocycles. The van der Waals surface area contributed by atoms with Crippen LogP contribution < -0.4 is 0 Å². The van der Waals surface area contributed by atoms with Crippen LogP contribution in [0.15, 0.2) is 58.8 Å². The van der Waals surface area contributed by atoms with Crippen LogP contribution in [0.2, 0.25) is 0 Å². The number of hydrogen-bond acceptors (Lipinski definition) is 5. The van der Waals surface area contributed by atoms with Crippen LogP contribution in [0.25, 0.3) is 5.57 Å². The van der Waals surface area contributed by atoms with Gasteiger partial charge in [0.15, 0.2) is 0 Å². The highest BCUT2D eigenvalue weighted by molar-refractivity contribution is 5.79. The van der Waals surface area contributed by atoms with E-state index in [1.165, 1.54) is 5.57 Å². The van der Waals surface area contributed by atoms with E-state index in [0.717, 1.165) is 46.0 Å². The lowest BCUT2D eigenvalue weighted by molar-refractivity contribution is 0.108. The Morgan fingerprint density at radius 1 is 1.29 bits per heavy atom. The van der Waals surface area contributed by atoms with E-state index in [1.54, 1.807) is 14.2 Å². The minimum atomic E-state index is -0.323. The number of pyridine rings is 1. The van der Waals surface area contributed by atoms with Gasteiger partial charge in [-0.3, -0.25) is 4.98 Å². The Labute approximate surface area is 166 Å². The summed E-state index contributed by atoms with van der Waals surface area (Å²) in [5, 5.41) is 10.2. The maximum absolute atomic E-state index is 10.2. The highest BCUT2D eigenvalue weighted by atomic mass is 16.5. The number of methoxy groups -OCH3 is 2. The largest absolute Gasteiger partial charge is 0.498 e. The first-order chi connectivity index (χ1) is 13.5. The molecular formula is C23H25N3O2. The fraction of sp³-hybridized carbons (Fsp3) is 0.391. The summed E-state index contributed by atoms with van der Waals surface area (Å²) in [5.74, 6) is 0.446. The molecule has 5 heteroatoms. The predicted octanol–water partition coefficient (Wildman–Crippen LogP) is 4.11. The molecule has 0 N–H and O–H groups in total. The van der Waals surface area contributed by atoms with Crippen LogP contribution in [0.5, 0.6) is 0 Å². The Bertz CT molecular complexity index is 993. The molecule has 1 aromatic rings. The van der Waals surface area contributed by atoms with E-state index in [4.69, 9.17) is 9.47 Å². The number of nitrogens with zero attached hydrogens (tertiary/aromatic N) is 3. The van der Waals surface area contributed by atoms with Gasteiger partial charge >= 0.3 is 0 Å². The lowest BCUT2D eigenvalue weighted by atomic mass is 9.83. The summed E-state index contributed by atoms with van der Waals surface area (Å²) in [6.45, 7) is 6.32. The first kappa shape index (κ1) is 18.5. The third kappa shape index (κ3) is 2.68. The standard InChI is InChI=1S/C23H25N3O2/c1-13-8-16(6-7-25-13)22-15(3)26-14(2)9-17-10-20(27-4)21(28-5)11-18(17)23(26)19(22)12-24/h6-8,10-11,14,19-20H,9H2,1-5H3. The molecule has 0 spiro atoms. The smallest absolute Gasteiger partial charge is 0.133 e. The quantitative estimate of drug-likeness (QED) is 0.796. The Kier molecular flexibility index (Phi) is 4.60. The Balaban J connectivity index is 1.92. The third-order valence-corrected chi connectivity index (χ3v) is 5.90.